The SMILES string of the molecule is C.C=C(C)C(=O)OC(=O)C(=C)C. The topological polar surface area (TPSA) is 43.4 Å². The molecule has 0 saturated heterocycles. The Balaban J connectivity index is 0. The average molecular weight is 170 g/mol. The molecule has 0 aliphatic rings. The molecule has 0 heterocycles. The van der Waals surface area contributed by atoms with Crippen molar-refractivity contribution in [2.24, 2.45) is 0 Å². The maximum atomic E-state index is 10.7. The van der Waals surface area contributed by atoms with Gasteiger partial charge >= 0.3 is 11.9 Å². The van der Waals surface area contributed by atoms with Gasteiger partial charge in [-0.15, -0.1) is 0 Å². The van der Waals surface area contributed by atoms with Crippen LogP contribution in [0.4, 0.5) is 0 Å². The Labute approximate surface area is 72.7 Å². The molecule has 3 nitrogen and oxygen atoms in total. The summed E-state index contributed by atoms with van der Waals surface area (Å²) in [6.07, 6.45) is 0. The Morgan fingerprint density at radius 3 is 1.42 bits per heavy atom. The lowest BCUT2D eigenvalue weighted by Crippen LogP contribution is -2.12. The third-order valence-electron chi connectivity index (χ3n) is 0.882. The number of rotatable bonds is 2. The zero-order chi connectivity index (χ0) is 9.02. The molecule has 0 spiro atoms. The average Bonchev–Trinajstić information content (AvgIpc) is 1.87. The van der Waals surface area contributed by atoms with Crippen LogP contribution in [0, 0.1) is 0 Å². The summed E-state index contributed by atoms with van der Waals surface area (Å²) in [6, 6.07) is 0. The molecule has 0 aromatic carbocycles. The largest absolute Gasteiger partial charge is 0.386 e. The third kappa shape index (κ3) is 4.44. The first-order valence-corrected chi connectivity index (χ1v) is 3.02. The van der Waals surface area contributed by atoms with Gasteiger partial charge in [0.05, 0.1) is 0 Å². The van der Waals surface area contributed by atoms with Crippen LogP contribution in [0.3, 0.4) is 0 Å². The predicted molar refractivity (Wildman–Crippen MR) is 47.5 cm³/mol. The van der Waals surface area contributed by atoms with Crippen LogP contribution < -0.4 is 0 Å². The molecule has 0 aliphatic carbocycles. The monoisotopic (exact) mass is 170 g/mol. The van der Waals surface area contributed by atoms with Crippen molar-refractivity contribution in [3.63, 3.8) is 0 Å². The van der Waals surface area contributed by atoms with Crippen LogP contribution in [0.25, 0.3) is 0 Å². The lowest BCUT2D eigenvalue weighted by molar-refractivity contribution is -0.153. The Kier molecular flexibility index (Phi) is 5.84. The van der Waals surface area contributed by atoms with Crippen LogP contribution in [0.2, 0.25) is 0 Å². The first-order chi connectivity index (χ1) is 4.95. The summed E-state index contributed by atoms with van der Waals surface area (Å²) in [5, 5.41) is 0. The fourth-order valence-electron chi connectivity index (χ4n) is 0.258. The lowest BCUT2D eigenvalue weighted by Gasteiger charge is -1.99. The number of carbonyl (C=O) groups is 2. The molecule has 0 N–H and O–H groups in total. The fourth-order valence-corrected chi connectivity index (χ4v) is 0.258. The van der Waals surface area contributed by atoms with Gasteiger partial charge < -0.3 is 4.74 Å². The molecule has 0 rings (SSSR count). The molecule has 0 aromatic heterocycles. The summed E-state index contributed by atoms with van der Waals surface area (Å²) in [6.45, 7) is 9.55. The lowest BCUT2D eigenvalue weighted by atomic mass is 10.3. The van der Waals surface area contributed by atoms with Crippen molar-refractivity contribution in [2.45, 2.75) is 21.3 Å². The number of carbonyl (C=O) groups excluding carboxylic acids is 2. The molecular formula is C9H14O3. The van der Waals surface area contributed by atoms with Gasteiger partial charge in [0.15, 0.2) is 0 Å². The maximum Gasteiger partial charge on any atom is 0.340 e. The molecule has 0 atom stereocenters. The van der Waals surface area contributed by atoms with E-state index >= 15 is 0 Å². The van der Waals surface area contributed by atoms with Gasteiger partial charge in [0.2, 0.25) is 0 Å². The van der Waals surface area contributed by atoms with Crippen molar-refractivity contribution in [2.75, 3.05) is 0 Å². The van der Waals surface area contributed by atoms with Gasteiger partial charge in [-0.25, -0.2) is 9.59 Å². The van der Waals surface area contributed by atoms with Crippen LogP contribution in [0.5, 0.6) is 0 Å². The molecule has 12 heavy (non-hydrogen) atoms. The van der Waals surface area contributed by atoms with Crippen LogP contribution in [0.1, 0.15) is 21.3 Å². The minimum absolute atomic E-state index is 0. The quantitative estimate of drug-likeness (QED) is 0.361. The van der Waals surface area contributed by atoms with Crippen molar-refractivity contribution < 1.29 is 14.3 Å². The van der Waals surface area contributed by atoms with Crippen molar-refractivity contribution in [3.8, 4) is 0 Å². The zero-order valence-electron chi connectivity index (χ0n) is 6.64. The first-order valence-electron chi connectivity index (χ1n) is 3.02. The second-order valence-corrected chi connectivity index (χ2v) is 2.24. The molecule has 0 saturated carbocycles. The standard InChI is InChI=1S/C8H10O3.CH4/c1-5(2)7(9)11-8(10)6(3)4;/h1,3H2,2,4H3;1H4. The minimum atomic E-state index is -0.710. The van der Waals surface area contributed by atoms with Crippen LogP contribution >= 0.6 is 0 Å². The number of hydrogen-bond acceptors (Lipinski definition) is 3. The molecular weight excluding hydrogens is 156 g/mol. The Bertz CT molecular complexity index is 202. The van der Waals surface area contributed by atoms with Gasteiger partial charge in [0.1, 0.15) is 0 Å². The van der Waals surface area contributed by atoms with E-state index in [4.69, 9.17) is 0 Å². The van der Waals surface area contributed by atoms with E-state index in [0.29, 0.717) is 0 Å². The van der Waals surface area contributed by atoms with Crippen LogP contribution in [-0.2, 0) is 14.3 Å². The molecule has 68 valence electrons. The van der Waals surface area contributed by atoms with Gasteiger partial charge in [-0.3, -0.25) is 0 Å². The first kappa shape index (κ1) is 13.2. The summed E-state index contributed by atoms with van der Waals surface area (Å²) in [5.41, 5.74) is 0.388. The van der Waals surface area contributed by atoms with E-state index in [0.717, 1.165) is 0 Å². The zero-order valence-corrected chi connectivity index (χ0v) is 6.64. The van der Waals surface area contributed by atoms with E-state index in [1.807, 2.05) is 0 Å². The van der Waals surface area contributed by atoms with Gasteiger partial charge in [-0.1, -0.05) is 20.6 Å². The highest BCUT2D eigenvalue weighted by molar-refractivity contribution is 6.00. The summed E-state index contributed by atoms with van der Waals surface area (Å²) < 4.78 is 4.30. The van der Waals surface area contributed by atoms with Gasteiger partial charge in [0.25, 0.3) is 0 Å². The second-order valence-electron chi connectivity index (χ2n) is 2.24. The summed E-state index contributed by atoms with van der Waals surface area (Å²) >= 11 is 0. The maximum absolute atomic E-state index is 10.7. The van der Waals surface area contributed by atoms with Crippen LogP contribution in [0.15, 0.2) is 24.3 Å². The molecule has 0 radical (unpaired) electrons. The smallest absolute Gasteiger partial charge is 0.340 e. The van der Waals surface area contributed by atoms with E-state index in [1.54, 1.807) is 0 Å². The number of hydrogen-bond donors (Lipinski definition) is 0. The third-order valence-corrected chi connectivity index (χ3v) is 0.882. The predicted octanol–water partition coefficient (Wildman–Crippen LogP) is 1.84. The highest BCUT2D eigenvalue weighted by Gasteiger charge is 2.10. The van der Waals surface area contributed by atoms with Crippen molar-refractivity contribution in [3.05, 3.63) is 24.3 Å². The van der Waals surface area contributed by atoms with E-state index < -0.39 is 11.9 Å². The summed E-state index contributed by atoms with van der Waals surface area (Å²) in [7, 11) is 0. The van der Waals surface area contributed by atoms with E-state index in [9.17, 15) is 9.59 Å². The van der Waals surface area contributed by atoms with E-state index in [-0.39, 0.29) is 18.6 Å². The Morgan fingerprint density at radius 1 is 1.00 bits per heavy atom. The molecule has 0 bridgehead atoms. The minimum Gasteiger partial charge on any atom is -0.386 e. The number of ether oxygens (including phenoxy) is 1. The van der Waals surface area contributed by atoms with Gasteiger partial charge in [-0.05, 0) is 13.8 Å². The van der Waals surface area contributed by atoms with Gasteiger partial charge in [-0.2, -0.15) is 0 Å². The molecule has 0 fully saturated rings. The second kappa shape index (κ2) is 5.29. The molecule has 0 amide bonds. The highest BCUT2D eigenvalue weighted by atomic mass is 16.6. The van der Waals surface area contributed by atoms with E-state index in [2.05, 4.69) is 17.9 Å². The molecule has 3 heteroatoms. The van der Waals surface area contributed by atoms with Crippen LogP contribution in [-0.4, -0.2) is 11.9 Å². The summed E-state index contributed by atoms with van der Waals surface area (Å²) in [4.78, 5) is 21.3. The van der Waals surface area contributed by atoms with Gasteiger partial charge in [0, 0.05) is 11.1 Å². The van der Waals surface area contributed by atoms with Crippen molar-refractivity contribution >= 4 is 11.9 Å². The highest BCUT2D eigenvalue weighted by Crippen LogP contribution is 1.97. The molecule has 0 aliphatic heterocycles. The fraction of sp³-hybridized carbons (Fsp3) is 0.333. The van der Waals surface area contributed by atoms with Crippen molar-refractivity contribution in [1.82, 2.24) is 0 Å². The van der Waals surface area contributed by atoms with E-state index in [1.165, 1.54) is 13.8 Å². The Hall–Kier alpha value is -1.38. The summed E-state index contributed by atoms with van der Waals surface area (Å²) in [5.74, 6) is -1.42. The number of esters is 2. The molecule has 0 unspecified atom stereocenters. The Morgan fingerprint density at radius 2 is 1.25 bits per heavy atom. The van der Waals surface area contributed by atoms with Crippen molar-refractivity contribution in [1.29, 1.82) is 0 Å². The molecule has 0 aromatic rings. The normalized spacial score (nSPS) is 7.83.